The van der Waals surface area contributed by atoms with Crippen LogP contribution in [0.5, 0.6) is 5.88 Å². The first-order chi connectivity index (χ1) is 9.63. The highest BCUT2D eigenvalue weighted by Crippen LogP contribution is 2.17. The number of ether oxygens (including phenoxy) is 1. The minimum atomic E-state index is -0.263. The third kappa shape index (κ3) is 3.18. The van der Waals surface area contributed by atoms with Crippen molar-refractivity contribution >= 4 is 0 Å². The molecule has 20 heavy (non-hydrogen) atoms. The van der Waals surface area contributed by atoms with Gasteiger partial charge in [0.1, 0.15) is 11.6 Å². The number of nitriles is 1. The van der Waals surface area contributed by atoms with Crippen molar-refractivity contribution in [2.24, 2.45) is 0 Å². The van der Waals surface area contributed by atoms with Crippen molar-refractivity contribution < 1.29 is 9.84 Å². The van der Waals surface area contributed by atoms with E-state index in [9.17, 15) is 9.90 Å². The van der Waals surface area contributed by atoms with Gasteiger partial charge in [0.2, 0.25) is 5.88 Å². The highest BCUT2D eigenvalue weighted by Gasteiger charge is 2.13. The predicted molar refractivity (Wildman–Crippen MR) is 73.7 cm³/mol. The van der Waals surface area contributed by atoms with E-state index < -0.39 is 0 Å². The molecule has 0 atom stereocenters. The van der Waals surface area contributed by atoms with Crippen LogP contribution in [0.1, 0.15) is 17.5 Å². The van der Waals surface area contributed by atoms with Crippen LogP contribution < -0.4 is 5.56 Å². The average Bonchev–Trinajstić information content (AvgIpc) is 2.44. The second kappa shape index (κ2) is 6.55. The molecule has 0 amide bonds. The maximum Gasteiger partial charge on any atom is 0.253 e. The Labute approximate surface area is 117 Å². The third-order valence-corrected chi connectivity index (χ3v) is 3.55. The molecule has 108 valence electrons. The summed E-state index contributed by atoms with van der Waals surface area (Å²) in [6.07, 6.45) is 0.751. The Balaban J connectivity index is 2.02. The molecule has 0 saturated carbocycles. The molecule has 0 aromatic carbocycles. The molecule has 6 heteroatoms. The number of rotatable bonds is 4. The number of nitrogens with zero attached hydrogens (tertiary/aromatic N) is 3. The lowest BCUT2D eigenvalue weighted by Crippen LogP contribution is -2.37. The normalized spacial score (nSPS) is 16.0. The first-order valence-electron chi connectivity index (χ1n) is 6.77. The Bertz CT molecular complexity index is 568. The molecule has 1 aromatic heterocycles. The molecular formula is C14H19N3O3. The molecule has 1 aromatic rings. The van der Waals surface area contributed by atoms with Gasteiger partial charge in [0.25, 0.3) is 5.56 Å². The van der Waals surface area contributed by atoms with E-state index in [-0.39, 0.29) is 17.0 Å². The van der Waals surface area contributed by atoms with E-state index in [4.69, 9.17) is 10.00 Å². The molecule has 0 bridgehead atoms. The second-order valence-electron chi connectivity index (χ2n) is 4.94. The Morgan fingerprint density at radius 3 is 2.75 bits per heavy atom. The van der Waals surface area contributed by atoms with Gasteiger partial charge in [-0.05, 0) is 18.9 Å². The van der Waals surface area contributed by atoms with E-state index in [1.807, 2.05) is 6.07 Å². The largest absolute Gasteiger partial charge is 0.493 e. The van der Waals surface area contributed by atoms with Crippen LogP contribution in [0.4, 0.5) is 0 Å². The van der Waals surface area contributed by atoms with Crippen LogP contribution in [-0.4, -0.2) is 47.4 Å². The van der Waals surface area contributed by atoms with E-state index in [2.05, 4.69) is 4.90 Å². The van der Waals surface area contributed by atoms with E-state index in [1.54, 1.807) is 6.92 Å². The molecule has 2 heterocycles. The fourth-order valence-corrected chi connectivity index (χ4v) is 2.38. The van der Waals surface area contributed by atoms with Crippen LogP contribution in [0.3, 0.4) is 0 Å². The molecule has 1 aliphatic rings. The molecule has 0 aliphatic carbocycles. The number of pyridine rings is 1. The zero-order valence-electron chi connectivity index (χ0n) is 11.6. The smallest absolute Gasteiger partial charge is 0.253 e. The zero-order chi connectivity index (χ0) is 14.5. The van der Waals surface area contributed by atoms with Crippen LogP contribution >= 0.6 is 0 Å². The highest BCUT2D eigenvalue weighted by atomic mass is 16.5. The quantitative estimate of drug-likeness (QED) is 0.865. The van der Waals surface area contributed by atoms with Crippen LogP contribution in [0.15, 0.2) is 10.9 Å². The standard InChI is InChI=1S/C14H19N3O3/c1-11-9-13(18)17(14(19)12(11)10-15)4-2-3-16-5-7-20-8-6-16/h9,19H,2-8H2,1H3. The molecule has 1 saturated heterocycles. The average molecular weight is 277 g/mol. The summed E-state index contributed by atoms with van der Waals surface area (Å²) in [4.78, 5) is 14.1. The number of morpholine rings is 1. The molecule has 0 radical (unpaired) electrons. The van der Waals surface area contributed by atoms with E-state index in [0.29, 0.717) is 12.1 Å². The minimum absolute atomic E-state index is 0.177. The summed E-state index contributed by atoms with van der Waals surface area (Å²) >= 11 is 0. The van der Waals surface area contributed by atoms with Crippen molar-refractivity contribution in [2.45, 2.75) is 19.9 Å². The summed E-state index contributed by atoms with van der Waals surface area (Å²) in [6, 6.07) is 3.33. The van der Waals surface area contributed by atoms with Gasteiger partial charge in [0.15, 0.2) is 0 Å². The highest BCUT2D eigenvalue weighted by molar-refractivity contribution is 5.43. The van der Waals surface area contributed by atoms with Crippen LogP contribution in [0.25, 0.3) is 0 Å². The SMILES string of the molecule is Cc1cc(=O)n(CCCN2CCOCC2)c(O)c1C#N. The van der Waals surface area contributed by atoms with Crippen LogP contribution in [0.2, 0.25) is 0 Å². The van der Waals surface area contributed by atoms with Gasteiger partial charge < -0.3 is 9.84 Å². The first kappa shape index (κ1) is 14.6. The van der Waals surface area contributed by atoms with E-state index in [0.717, 1.165) is 39.3 Å². The molecule has 6 nitrogen and oxygen atoms in total. The molecule has 1 fully saturated rings. The number of aromatic nitrogens is 1. The number of hydrogen-bond donors (Lipinski definition) is 1. The van der Waals surface area contributed by atoms with Gasteiger partial charge >= 0.3 is 0 Å². The first-order valence-corrected chi connectivity index (χ1v) is 6.77. The summed E-state index contributed by atoms with van der Waals surface area (Å²) < 4.78 is 6.54. The Morgan fingerprint density at radius 1 is 1.40 bits per heavy atom. The van der Waals surface area contributed by atoms with Crippen molar-refractivity contribution in [3.63, 3.8) is 0 Å². The number of aromatic hydroxyl groups is 1. The molecule has 0 spiro atoms. The van der Waals surface area contributed by atoms with Gasteiger partial charge in [-0.2, -0.15) is 5.26 Å². The van der Waals surface area contributed by atoms with Gasteiger partial charge in [0.05, 0.1) is 13.2 Å². The van der Waals surface area contributed by atoms with Crippen LogP contribution in [-0.2, 0) is 11.3 Å². The Morgan fingerprint density at radius 2 is 2.10 bits per heavy atom. The lowest BCUT2D eigenvalue weighted by molar-refractivity contribution is 0.0368. The third-order valence-electron chi connectivity index (χ3n) is 3.55. The molecular weight excluding hydrogens is 258 g/mol. The molecule has 0 unspecified atom stereocenters. The summed E-state index contributed by atoms with van der Waals surface area (Å²) in [6.45, 7) is 6.21. The summed E-state index contributed by atoms with van der Waals surface area (Å²) in [7, 11) is 0. The van der Waals surface area contributed by atoms with Gasteiger partial charge in [0, 0.05) is 32.2 Å². The van der Waals surface area contributed by atoms with Gasteiger partial charge in [-0.15, -0.1) is 0 Å². The lowest BCUT2D eigenvalue weighted by Gasteiger charge is -2.26. The van der Waals surface area contributed by atoms with Crippen molar-refractivity contribution in [3.05, 3.63) is 27.5 Å². The zero-order valence-corrected chi connectivity index (χ0v) is 11.6. The fraction of sp³-hybridized carbons (Fsp3) is 0.571. The van der Waals surface area contributed by atoms with Gasteiger partial charge in [-0.3, -0.25) is 14.3 Å². The monoisotopic (exact) mass is 277 g/mol. The van der Waals surface area contributed by atoms with Crippen molar-refractivity contribution in [1.82, 2.24) is 9.47 Å². The molecule has 1 N–H and O–H groups in total. The van der Waals surface area contributed by atoms with Crippen molar-refractivity contribution in [3.8, 4) is 11.9 Å². The number of hydrogen-bond acceptors (Lipinski definition) is 5. The minimum Gasteiger partial charge on any atom is -0.493 e. The summed E-state index contributed by atoms with van der Waals surface area (Å²) in [5, 5.41) is 19.0. The maximum absolute atomic E-state index is 11.9. The predicted octanol–water partition coefficient (Wildman–Crippen LogP) is 0.456. The molecule has 2 rings (SSSR count). The molecule has 1 aliphatic heterocycles. The van der Waals surface area contributed by atoms with E-state index in [1.165, 1.54) is 10.6 Å². The van der Waals surface area contributed by atoms with Crippen molar-refractivity contribution in [2.75, 3.05) is 32.8 Å². The fourth-order valence-electron chi connectivity index (χ4n) is 2.38. The van der Waals surface area contributed by atoms with Gasteiger partial charge in [-0.25, -0.2) is 0 Å². The number of aryl methyl sites for hydroxylation is 1. The topological polar surface area (TPSA) is 78.5 Å². The summed E-state index contributed by atoms with van der Waals surface area (Å²) in [5.41, 5.74) is 0.427. The summed E-state index contributed by atoms with van der Waals surface area (Å²) in [5.74, 6) is -0.223. The van der Waals surface area contributed by atoms with Crippen LogP contribution in [0, 0.1) is 18.3 Å². The second-order valence-corrected chi connectivity index (χ2v) is 4.94. The van der Waals surface area contributed by atoms with Gasteiger partial charge in [-0.1, -0.05) is 0 Å². The Hall–Kier alpha value is -1.84. The van der Waals surface area contributed by atoms with E-state index >= 15 is 0 Å². The van der Waals surface area contributed by atoms with Crippen molar-refractivity contribution in [1.29, 1.82) is 5.26 Å². The lowest BCUT2D eigenvalue weighted by atomic mass is 10.1. The maximum atomic E-state index is 11.9. The Kier molecular flexibility index (Phi) is 4.77.